The molecule has 0 aliphatic heterocycles. The van der Waals surface area contributed by atoms with E-state index in [-0.39, 0.29) is 16.6 Å². The van der Waals surface area contributed by atoms with E-state index < -0.39 is 11.6 Å². The van der Waals surface area contributed by atoms with Gasteiger partial charge in [0.05, 0.1) is 16.3 Å². The van der Waals surface area contributed by atoms with Crippen molar-refractivity contribution >= 4 is 21.6 Å². The molecule has 0 heterocycles. The standard InChI is InChI=1S/C12H14BrF2NO/c13-9-5-12(11(15)6-10(9)14)16-7-1-3-8(17)4-2-7/h5-8,16-17H,1-4H2. The first kappa shape index (κ1) is 12.8. The highest BCUT2D eigenvalue weighted by molar-refractivity contribution is 9.10. The fraction of sp³-hybridized carbons (Fsp3) is 0.500. The molecular weight excluding hydrogens is 292 g/mol. The van der Waals surface area contributed by atoms with Gasteiger partial charge in [-0.25, -0.2) is 8.78 Å². The van der Waals surface area contributed by atoms with Crippen LogP contribution < -0.4 is 5.32 Å². The number of aliphatic hydroxyl groups is 1. The Labute approximate surface area is 107 Å². The van der Waals surface area contributed by atoms with Crippen molar-refractivity contribution in [2.24, 2.45) is 0 Å². The summed E-state index contributed by atoms with van der Waals surface area (Å²) in [6.45, 7) is 0. The van der Waals surface area contributed by atoms with Gasteiger partial charge in [-0.1, -0.05) is 0 Å². The second-order valence-electron chi connectivity index (χ2n) is 4.40. The Kier molecular flexibility index (Phi) is 3.99. The highest BCUT2D eigenvalue weighted by Crippen LogP contribution is 2.27. The fourth-order valence-corrected chi connectivity index (χ4v) is 2.42. The third-order valence-electron chi connectivity index (χ3n) is 3.07. The second kappa shape index (κ2) is 5.31. The van der Waals surface area contributed by atoms with Crippen molar-refractivity contribution in [3.63, 3.8) is 0 Å². The number of hydrogen-bond acceptors (Lipinski definition) is 2. The van der Waals surface area contributed by atoms with Gasteiger partial charge in [0.2, 0.25) is 0 Å². The Morgan fingerprint density at radius 1 is 1.12 bits per heavy atom. The van der Waals surface area contributed by atoms with E-state index in [1.807, 2.05) is 0 Å². The molecule has 0 saturated heterocycles. The van der Waals surface area contributed by atoms with E-state index in [0.29, 0.717) is 5.69 Å². The molecule has 2 rings (SSSR count). The lowest BCUT2D eigenvalue weighted by molar-refractivity contribution is 0.126. The van der Waals surface area contributed by atoms with E-state index in [2.05, 4.69) is 21.2 Å². The van der Waals surface area contributed by atoms with Gasteiger partial charge < -0.3 is 10.4 Å². The maximum Gasteiger partial charge on any atom is 0.149 e. The predicted molar refractivity (Wildman–Crippen MR) is 65.9 cm³/mol. The lowest BCUT2D eigenvalue weighted by Gasteiger charge is -2.27. The molecule has 17 heavy (non-hydrogen) atoms. The maximum atomic E-state index is 13.5. The van der Waals surface area contributed by atoms with E-state index >= 15 is 0 Å². The largest absolute Gasteiger partial charge is 0.393 e. The Morgan fingerprint density at radius 3 is 2.41 bits per heavy atom. The minimum absolute atomic E-state index is 0.144. The van der Waals surface area contributed by atoms with Crippen molar-refractivity contribution < 1.29 is 13.9 Å². The van der Waals surface area contributed by atoms with E-state index in [4.69, 9.17) is 0 Å². The van der Waals surface area contributed by atoms with Crippen molar-refractivity contribution in [3.8, 4) is 0 Å². The Morgan fingerprint density at radius 2 is 1.76 bits per heavy atom. The lowest BCUT2D eigenvalue weighted by Crippen LogP contribution is -2.28. The van der Waals surface area contributed by atoms with Crippen molar-refractivity contribution in [2.45, 2.75) is 37.8 Å². The van der Waals surface area contributed by atoms with Gasteiger partial charge in [0.15, 0.2) is 0 Å². The molecule has 0 atom stereocenters. The van der Waals surface area contributed by atoms with E-state index in [1.54, 1.807) is 0 Å². The number of benzene rings is 1. The van der Waals surface area contributed by atoms with Crippen LogP contribution in [0.4, 0.5) is 14.5 Å². The molecule has 2 N–H and O–H groups in total. The molecular formula is C12H14BrF2NO. The first-order valence-electron chi connectivity index (χ1n) is 5.65. The van der Waals surface area contributed by atoms with Crippen LogP contribution in [0.5, 0.6) is 0 Å². The number of anilines is 1. The average Bonchev–Trinajstić information content (AvgIpc) is 2.29. The molecule has 1 aliphatic rings. The minimum atomic E-state index is -0.605. The molecule has 1 aromatic rings. The molecule has 1 fully saturated rings. The van der Waals surface area contributed by atoms with Gasteiger partial charge in [0, 0.05) is 12.1 Å². The number of halogens is 3. The molecule has 0 spiro atoms. The quantitative estimate of drug-likeness (QED) is 0.820. The summed E-state index contributed by atoms with van der Waals surface area (Å²) in [6.07, 6.45) is 2.81. The van der Waals surface area contributed by atoms with Crippen LogP contribution in [0.15, 0.2) is 16.6 Å². The Balaban J connectivity index is 2.06. The maximum absolute atomic E-state index is 13.5. The topological polar surface area (TPSA) is 32.3 Å². The Hall–Kier alpha value is -0.680. The first-order chi connectivity index (χ1) is 8.06. The molecule has 0 radical (unpaired) electrons. The van der Waals surface area contributed by atoms with Gasteiger partial charge in [0.1, 0.15) is 11.6 Å². The van der Waals surface area contributed by atoms with Crippen LogP contribution in [0.1, 0.15) is 25.7 Å². The van der Waals surface area contributed by atoms with Gasteiger partial charge in [-0.2, -0.15) is 0 Å². The highest BCUT2D eigenvalue weighted by atomic mass is 79.9. The zero-order valence-electron chi connectivity index (χ0n) is 9.22. The number of hydrogen-bond donors (Lipinski definition) is 2. The summed E-state index contributed by atoms with van der Waals surface area (Å²) in [5.41, 5.74) is 0.305. The molecule has 1 saturated carbocycles. The Bertz CT molecular complexity index is 406. The van der Waals surface area contributed by atoms with Crippen LogP contribution in [0.2, 0.25) is 0 Å². The van der Waals surface area contributed by atoms with Crippen LogP contribution in [0.3, 0.4) is 0 Å². The number of aliphatic hydroxyl groups excluding tert-OH is 1. The van der Waals surface area contributed by atoms with Gasteiger partial charge in [-0.3, -0.25) is 0 Å². The van der Waals surface area contributed by atoms with Gasteiger partial charge in [-0.05, 0) is 47.7 Å². The third kappa shape index (κ3) is 3.16. The monoisotopic (exact) mass is 305 g/mol. The van der Waals surface area contributed by atoms with Crippen LogP contribution >= 0.6 is 15.9 Å². The summed E-state index contributed by atoms with van der Waals surface area (Å²) in [5, 5.41) is 12.4. The van der Waals surface area contributed by atoms with Crippen molar-refractivity contribution in [1.29, 1.82) is 0 Å². The molecule has 0 amide bonds. The summed E-state index contributed by atoms with van der Waals surface area (Å²) < 4.78 is 26.8. The summed E-state index contributed by atoms with van der Waals surface area (Å²) in [7, 11) is 0. The summed E-state index contributed by atoms with van der Waals surface area (Å²) in [6, 6.07) is 2.42. The molecule has 0 unspecified atom stereocenters. The number of rotatable bonds is 2. The molecule has 1 aliphatic carbocycles. The average molecular weight is 306 g/mol. The normalized spacial score (nSPS) is 24.7. The van der Waals surface area contributed by atoms with Crippen LogP contribution in [-0.4, -0.2) is 17.3 Å². The molecule has 2 nitrogen and oxygen atoms in total. The smallest absolute Gasteiger partial charge is 0.149 e. The van der Waals surface area contributed by atoms with Crippen LogP contribution in [0, 0.1) is 11.6 Å². The van der Waals surface area contributed by atoms with E-state index in [1.165, 1.54) is 6.07 Å². The van der Waals surface area contributed by atoms with Crippen molar-refractivity contribution in [3.05, 3.63) is 28.2 Å². The van der Waals surface area contributed by atoms with E-state index in [0.717, 1.165) is 31.7 Å². The first-order valence-corrected chi connectivity index (χ1v) is 6.44. The zero-order chi connectivity index (χ0) is 12.4. The van der Waals surface area contributed by atoms with Crippen molar-refractivity contribution in [1.82, 2.24) is 0 Å². The minimum Gasteiger partial charge on any atom is -0.393 e. The van der Waals surface area contributed by atoms with Crippen LogP contribution in [0.25, 0.3) is 0 Å². The molecule has 0 bridgehead atoms. The van der Waals surface area contributed by atoms with Gasteiger partial charge in [-0.15, -0.1) is 0 Å². The van der Waals surface area contributed by atoms with Gasteiger partial charge >= 0.3 is 0 Å². The lowest BCUT2D eigenvalue weighted by atomic mass is 9.93. The van der Waals surface area contributed by atoms with Crippen molar-refractivity contribution in [2.75, 3.05) is 5.32 Å². The molecule has 0 aromatic heterocycles. The number of nitrogens with one attached hydrogen (secondary N) is 1. The van der Waals surface area contributed by atoms with E-state index in [9.17, 15) is 13.9 Å². The third-order valence-corrected chi connectivity index (χ3v) is 3.67. The van der Waals surface area contributed by atoms with Crippen LogP contribution in [-0.2, 0) is 0 Å². The fourth-order valence-electron chi connectivity index (χ4n) is 2.07. The summed E-state index contributed by atoms with van der Waals surface area (Å²) in [5.74, 6) is -1.19. The summed E-state index contributed by atoms with van der Waals surface area (Å²) >= 11 is 3.03. The summed E-state index contributed by atoms with van der Waals surface area (Å²) in [4.78, 5) is 0. The van der Waals surface area contributed by atoms with Gasteiger partial charge in [0.25, 0.3) is 0 Å². The second-order valence-corrected chi connectivity index (χ2v) is 5.25. The predicted octanol–water partition coefficient (Wildman–Crippen LogP) is 3.44. The molecule has 5 heteroatoms. The molecule has 1 aromatic carbocycles. The highest BCUT2D eigenvalue weighted by Gasteiger charge is 2.20. The molecule has 94 valence electrons. The zero-order valence-corrected chi connectivity index (χ0v) is 10.8. The SMILES string of the molecule is OC1CCC(Nc2cc(Br)c(F)cc2F)CC1.